The molecular weight excluding hydrogens is 174 g/mol. The molecule has 0 bridgehead atoms. The minimum Gasteiger partial charge on any atom is -0.355 e. The van der Waals surface area contributed by atoms with Crippen molar-refractivity contribution in [3.63, 3.8) is 0 Å². The first-order chi connectivity index (χ1) is 5.83. The lowest BCUT2D eigenvalue weighted by molar-refractivity contribution is -0.130. The predicted molar refractivity (Wildman–Crippen MR) is 51.3 cm³/mol. The third-order valence-corrected chi connectivity index (χ3v) is 3.20. The first kappa shape index (κ1) is 10.3. The van der Waals surface area contributed by atoms with Crippen LogP contribution >= 0.6 is 11.8 Å². The van der Waals surface area contributed by atoms with Crippen molar-refractivity contribution in [2.45, 2.75) is 24.7 Å². The smallest absolute Gasteiger partial charge is 0.147 e. The summed E-state index contributed by atoms with van der Waals surface area (Å²) in [5, 5.41) is 0.538. The van der Waals surface area contributed by atoms with Gasteiger partial charge in [0, 0.05) is 17.5 Å². The first-order valence-electron chi connectivity index (χ1n) is 4.34. The lowest BCUT2D eigenvalue weighted by Gasteiger charge is -2.23. The number of hydrogen-bond acceptors (Lipinski definition) is 4. The largest absolute Gasteiger partial charge is 0.355 e. The van der Waals surface area contributed by atoms with Gasteiger partial charge in [0.2, 0.25) is 0 Å². The molecule has 0 radical (unpaired) electrons. The van der Waals surface area contributed by atoms with Crippen molar-refractivity contribution >= 4 is 11.8 Å². The Morgan fingerprint density at radius 1 is 1.67 bits per heavy atom. The zero-order chi connectivity index (χ0) is 8.81. The number of rotatable bonds is 4. The van der Waals surface area contributed by atoms with Gasteiger partial charge in [0.05, 0.1) is 12.7 Å². The molecule has 1 heterocycles. The van der Waals surface area contributed by atoms with Crippen LogP contribution in [-0.4, -0.2) is 37.1 Å². The van der Waals surface area contributed by atoms with E-state index in [9.17, 15) is 0 Å². The van der Waals surface area contributed by atoms with Crippen molar-refractivity contribution < 1.29 is 9.47 Å². The van der Waals surface area contributed by atoms with Crippen molar-refractivity contribution in [1.29, 1.82) is 0 Å². The molecule has 72 valence electrons. The highest BCUT2D eigenvalue weighted by molar-refractivity contribution is 7.99. The fraction of sp³-hybridized carbons (Fsp3) is 1.00. The molecule has 12 heavy (non-hydrogen) atoms. The van der Waals surface area contributed by atoms with Crippen molar-refractivity contribution in [3.8, 4) is 0 Å². The molecule has 0 aromatic heterocycles. The average molecular weight is 191 g/mol. The SMILES string of the molecule is CC(CN)SCC1CCOCO1. The number of thioether (sulfide) groups is 1. The monoisotopic (exact) mass is 191 g/mol. The maximum absolute atomic E-state index is 5.50. The molecule has 3 nitrogen and oxygen atoms in total. The second kappa shape index (κ2) is 5.80. The molecule has 1 aliphatic heterocycles. The molecule has 0 saturated carbocycles. The Hall–Kier alpha value is 0.230. The molecule has 0 aromatic rings. The van der Waals surface area contributed by atoms with Gasteiger partial charge < -0.3 is 15.2 Å². The predicted octanol–water partition coefficient (Wildman–Crippen LogP) is 0.830. The highest BCUT2D eigenvalue weighted by Crippen LogP contribution is 2.16. The summed E-state index contributed by atoms with van der Waals surface area (Å²) >= 11 is 1.88. The van der Waals surface area contributed by atoms with E-state index in [0.29, 0.717) is 18.1 Å². The van der Waals surface area contributed by atoms with Gasteiger partial charge in [-0.2, -0.15) is 11.8 Å². The van der Waals surface area contributed by atoms with Crippen LogP contribution in [0.25, 0.3) is 0 Å². The van der Waals surface area contributed by atoms with Crippen LogP contribution in [-0.2, 0) is 9.47 Å². The molecule has 1 rings (SSSR count). The van der Waals surface area contributed by atoms with Gasteiger partial charge in [-0.25, -0.2) is 0 Å². The van der Waals surface area contributed by atoms with E-state index < -0.39 is 0 Å². The summed E-state index contributed by atoms with van der Waals surface area (Å²) in [6.45, 7) is 4.18. The topological polar surface area (TPSA) is 44.5 Å². The van der Waals surface area contributed by atoms with Crippen molar-refractivity contribution in [1.82, 2.24) is 0 Å². The van der Waals surface area contributed by atoms with E-state index in [1.165, 1.54) is 0 Å². The van der Waals surface area contributed by atoms with Gasteiger partial charge in [-0.1, -0.05) is 6.92 Å². The third kappa shape index (κ3) is 3.76. The van der Waals surface area contributed by atoms with Gasteiger partial charge in [-0.15, -0.1) is 0 Å². The summed E-state index contributed by atoms with van der Waals surface area (Å²) in [4.78, 5) is 0. The molecule has 1 saturated heterocycles. The Bertz CT molecular complexity index is 118. The van der Waals surface area contributed by atoms with E-state index in [1.807, 2.05) is 11.8 Å². The van der Waals surface area contributed by atoms with E-state index in [-0.39, 0.29) is 0 Å². The van der Waals surface area contributed by atoms with Crippen LogP contribution in [0, 0.1) is 0 Å². The molecule has 2 atom stereocenters. The van der Waals surface area contributed by atoms with Gasteiger partial charge >= 0.3 is 0 Å². The highest BCUT2D eigenvalue weighted by atomic mass is 32.2. The molecule has 0 aliphatic carbocycles. The lowest BCUT2D eigenvalue weighted by atomic mass is 10.3. The molecule has 2 N–H and O–H groups in total. The zero-order valence-electron chi connectivity index (χ0n) is 7.49. The fourth-order valence-corrected chi connectivity index (χ4v) is 1.91. The molecule has 0 amide bonds. The minimum absolute atomic E-state index is 0.373. The Morgan fingerprint density at radius 2 is 2.50 bits per heavy atom. The van der Waals surface area contributed by atoms with Crippen LogP contribution in [0.5, 0.6) is 0 Å². The maximum atomic E-state index is 5.50. The van der Waals surface area contributed by atoms with Gasteiger partial charge in [0.15, 0.2) is 0 Å². The van der Waals surface area contributed by atoms with E-state index in [0.717, 1.165) is 25.3 Å². The highest BCUT2D eigenvalue weighted by Gasteiger charge is 2.14. The van der Waals surface area contributed by atoms with Gasteiger partial charge in [-0.05, 0) is 6.42 Å². The van der Waals surface area contributed by atoms with Crippen molar-refractivity contribution in [2.75, 3.05) is 25.7 Å². The van der Waals surface area contributed by atoms with E-state index in [1.54, 1.807) is 0 Å². The minimum atomic E-state index is 0.373. The van der Waals surface area contributed by atoms with Crippen LogP contribution in [0.15, 0.2) is 0 Å². The summed E-state index contributed by atoms with van der Waals surface area (Å²) < 4.78 is 10.5. The zero-order valence-corrected chi connectivity index (χ0v) is 8.31. The van der Waals surface area contributed by atoms with Gasteiger partial charge in [0.1, 0.15) is 6.79 Å². The summed E-state index contributed by atoms with van der Waals surface area (Å²) in [7, 11) is 0. The normalized spacial score (nSPS) is 27.0. The van der Waals surface area contributed by atoms with E-state index in [4.69, 9.17) is 15.2 Å². The van der Waals surface area contributed by atoms with Crippen LogP contribution < -0.4 is 5.73 Å². The summed E-state index contributed by atoms with van der Waals surface area (Å²) in [6, 6.07) is 0. The number of ether oxygens (including phenoxy) is 2. The van der Waals surface area contributed by atoms with Crippen LogP contribution in [0.2, 0.25) is 0 Å². The second-order valence-electron chi connectivity index (χ2n) is 2.98. The third-order valence-electron chi connectivity index (χ3n) is 1.87. The lowest BCUT2D eigenvalue weighted by Crippen LogP contribution is -2.27. The molecule has 2 unspecified atom stereocenters. The van der Waals surface area contributed by atoms with Crippen LogP contribution in [0.3, 0.4) is 0 Å². The number of hydrogen-bond donors (Lipinski definition) is 1. The Labute approximate surface area is 78.0 Å². The maximum Gasteiger partial charge on any atom is 0.147 e. The molecule has 1 fully saturated rings. The van der Waals surface area contributed by atoms with Crippen molar-refractivity contribution in [2.24, 2.45) is 5.73 Å². The fourth-order valence-electron chi connectivity index (χ4n) is 0.972. The Balaban J connectivity index is 2.05. The summed E-state index contributed by atoms with van der Waals surface area (Å²) in [6.07, 6.45) is 1.39. The van der Waals surface area contributed by atoms with Crippen LogP contribution in [0.4, 0.5) is 0 Å². The van der Waals surface area contributed by atoms with Crippen LogP contribution in [0.1, 0.15) is 13.3 Å². The first-order valence-corrected chi connectivity index (χ1v) is 5.39. The molecular formula is C8H17NO2S. The second-order valence-corrected chi connectivity index (χ2v) is 4.45. The Kier molecular flexibility index (Phi) is 4.99. The van der Waals surface area contributed by atoms with Crippen molar-refractivity contribution in [3.05, 3.63) is 0 Å². The van der Waals surface area contributed by atoms with E-state index in [2.05, 4.69) is 6.92 Å². The molecule has 0 spiro atoms. The molecule has 1 aliphatic rings. The number of nitrogens with two attached hydrogens (primary N) is 1. The molecule has 0 aromatic carbocycles. The van der Waals surface area contributed by atoms with Gasteiger partial charge in [0.25, 0.3) is 0 Å². The summed E-state index contributed by atoms with van der Waals surface area (Å²) in [5.74, 6) is 1.04. The summed E-state index contributed by atoms with van der Waals surface area (Å²) in [5.41, 5.74) is 5.50. The van der Waals surface area contributed by atoms with Gasteiger partial charge in [-0.3, -0.25) is 0 Å². The van der Waals surface area contributed by atoms with E-state index >= 15 is 0 Å². The Morgan fingerprint density at radius 3 is 3.08 bits per heavy atom. The average Bonchev–Trinajstić information content (AvgIpc) is 2.16. The molecule has 4 heteroatoms. The quantitative estimate of drug-likeness (QED) is 0.715. The standard InChI is InChI=1S/C8H17NO2S/c1-7(4-9)12-5-8-2-3-10-6-11-8/h7-8H,2-6,9H2,1H3.